The van der Waals surface area contributed by atoms with Crippen molar-refractivity contribution < 1.29 is 14.8 Å². The van der Waals surface area contributed by atoms with Gasteiger partial charge in [0, 0.05) is 9.86 Å². The van der Waals surface area contributed by atoms with Crippen molar-refractivity contribution in [3.8, 4) is 0 Å². The Hall–Kier alpha value is -2.22. The fraction of sp³-hybridized carbons (Fsp3) is 0.0909. The number of carboxylic acids is 1. The Kier molecular flexibility index (Phi) is 3.61. The molecule has 0 saturated heterocycles. The average Bonchev–Trinajstić information content (AvgIpc) is 2.35. The summed E-state index contributed by atoms with van der Waals surface area (Å²) in [5, 5.41) is 22.7. The Bertz CT molecular complexity index is 674. The third kappa shape index (κ3) is 2.79. The van der Waals surface area contributed by atoms with Crippen LogP contribution < -0.4 is 5.32 Å². The number of anilines is 1. The van der Waals surface area contributed by atoms with Crippen LogP contribution in [0.2, 0.25) is 0 Å². The molecule has 0 aliphatic carbocycles. The Morgan fingerprint density at radius 1 is 1.53 bits per heavy atom. The van der Waals surface area contributed by atoms with Gasteiger partial charge in [0.2, 0.25) is 0 Å². The maximum atomic E-state index is 11.0. The molecular weight excluding hydrogens is 318 g/mol. The summed E-state index contributed by atoms with van der Waals surface area (Å²) in [6, 6.07) is 5.09. The lowest BCUT2D eigenvalue weighted by Gasteiger charge is -2.08. The number of aromatic nitrogens is 1. The molecule has 2 N–H and O–H groups in total. The number of hydrogen-bond donors (Lipinski definition) is 2. The van der Waals surface area contributed by atoms with Gasteiger partial charge >= 0.3 is 11.7 Å². The summed E-state index contributed by atoms with van der Waals surface area (Å²) in [4.78, 5) is 24.9. The number of nitrogens with zero attached hydrogens (tertiary/aromatic N) is 2. The van der Waals surface area contributed by atoms with Crippen molar-refractivity contribution in [2.24, 2.45) is 0 Å². The summed E-state index contributed by atoms with van der Waals surface area (Å²) in [7, 11) is 0. The van der Waals surface area contributed by atoms with Gasteiger partial charge in [0.05, 0.1) is 10.4 Å². The van der Waals surface area contributed by atoms with Crippen LogP contribution in [0.4, 0.5) is 11.4 Å². The Balaban J connectivity index is 2.64. The van der Waals surface area contributed by atoms with E-state index in [9.17, 15) is 14.9 Å². The fourth-order valence-electron chi connectivity index (χ4n) is 1.64. The normalized spacial score (nSPS) is 10.4. The predicted molar refractivity (Wildman–Crippen MR) is 72.2 cm³/mol. The van der Waals surface area contributed by atoms with Gasteiger partial charge in [-0.15, -0.1) is 0 Å². The van der Waals surface area contributed by atoms with Gasteiger partial charge in [0.25, 0.3) is 0 Å². The number of halogens is 1. The van der Waals surface area contributed by atoms with Crippen molar-refractivity contribution in [2.45, 2.75) is 0 Å². The lowest BCUT2D eigenvalue weighted by molar-refractivity contribution is -0.384. The zero-order chi connectivity index (χ0) is 14.0. The van der Waals surface area contributed by atoms with Gasteiger partial charge in [-0.25, -0.2) is 4.98 Å². The molecule has 2 aromatic rings. The molecule has 0 saturated carbocycles. The topological polar surface area (TPSA) is 105 Å². The van der Waals surface area contributed by atoms with Crippen LogP contribution in [-0.4, -0.2) is 27.5 Å². The van der Waals surface area contributed by atoms with E-state index in [4.69, 9.17) is 5.11 Å². The standard InChI is InChI=1S/C11H8BrN3O4/c12-6-1-2-8-7(3-6)11(14-5-10(16)17)9(4-13-8)15(18)19/h1-4H,5H2,(H,13,14)(H,16,17). The molecule has 0 bridgehead atoms. The predicted octanol–water partition coefficient (Wildman–Crippen LogP) is 2.40. The summed E-state index contributed by atoms with van der Waals surface area (Å²) >= 11 is 3.27. The molecule has 0 aliphatic rings. The molecule has 0 aliphatic heterocycles. The maximum Gasteiger partial charge on any atom is 0.322 e. The highest BCUT2D eigenvalue weighted by Crippen LogP contribution is 2.32. The van der Waals surface area contributed by atoms with E-state index in [1.807, 2.05) is 0 Å². The van der Waals surface area contributed by atoms with E-state index >= 15 is 0 Å². The van der Waals surface area contributed by atoms with Crippen LogP contribution in [-0.2, 0) is 4.79 Å². The van der Waals surface area contributed by atoms with Crippen LogP contribution in [0.3, 0.4) is 0 Å². The molecule has 98 valence electrons. The average molecular weight is 326 g/mol. The van der Waals surface area contributed by atoms with Crippen LogP contribution >= 0.6 is 15.9 Å². The summed E-state index contributed by atoms with van der Waals surface area (Å²) in [6.45, 7) is -0.410. The number of nitrogens with one attached hydrogen (secondary N) is 1. The third-order valence-electron chi connectivity index (χ3n) is 2.42. The van der Waals surface area contributed by atoms with Crippen molar-refractivity contribution in [2.75, 3.05) is 11.9 Å². The van der Waals surface area contributed by atoms with Gasteiger partial charge in [0.15, 0.2) is 0 Å². The molecule has 2 rings (SSSR count). The summed E-state index contributed by atoms with van der Waals surface area (Å²) < 4.78 is 0.723. The van der Waals surface area contributed by atoms with Crippen LogP contribution in [0.25, 0.3) is 10.9 Å². The zero-order valence-electron chi connectivity index (χ0n) is 9.46. The number of carbonyl (C=O) groups is 1. The Morgan fingerprint density at radius 2 is 2.26 bits per heavy atom. The molecule has 0 atom stereocenters. The quantitative estimate of drug-likeness (QED) is 0.660. The number of benzene rings is 1. The highest BCUT2D eigenvalue weighted by molar-refractivity contribution is 9.10. The molecule has 1 aromatic heterocycles. The molecule has 0 fully saturated rings. The van der Waals surface area contributed by atoms with Gasteiger partial charge in [-0.1, -0.05) is 15.9 Å². The highest BCUT2D eigenvalue weighted by Gasteiger charge is 2.18. The van der Waals surface area contributed by atoms with Crippen molar-refractivity contribution >= 4 is 44.2 Å². The molecule has 8 heteroatoms. The van der Waals surface area contributed by atoms with E-state index in [2.05, 4.69) is 26.2 Å². The summed E-state index contributed by atoms with van der Waals surface area (Å²) in [5.74, 6) is -1.10. The number of hydrogen-bond acceptors (Lipinski definition) is 5. The van der Waals surface area contributed by atoms with Gasteiger partial charge in [-0.05, 0) is 18.2 Å². The van der Waals surface area contributed by atoms with Crippen molar-refractivity contribution in [1.82, 2.24) is 4.98 Å². The summed E-state index contributed by atoms with van der Waals surface area (Å²) in [5.41, 5.74) is 0.437. The molecule has 19 heavy (non-hydrogen) atoms. The smallest absolute Gasteiger partial charge is 0.322 e. The summed E-state index contributed by atoms with van der Waals surface area (Å²) in [6.07, 6.45) is 1.11. The van der Waals surface area contributed by atoms with Gasteiger partial charge in [-0.2, -0.15) is 0 Å². The van der Waals surface area contributed by atoms with Crippen LogP contribution in [0.15, 0.2) is 28.9 Å². The van der Waals surface area contributed by atoms with E-state index in [0.29, 0.717) is 10.9 Å². The van der Waals surface area contributed by atoms with E-state index in [0.717, 1.165) is 10.7 Å². The van der Waals surface area contributed by atoms with Gasteiger partial charge in [0.1, 0.15) is 18.4 Å². The fourth-order valence-corrected chi connectivity index (χ4v) is 2.00. The molecule has 1 heterocycles. The first-order valence-electron chi connectivity index (χ1n) is 5.17. The monoisotopic (exact) mass is 325 g/mol. The molecule has 0 spiro atoms. The SMILES string of the molecule is O=C(O)CNc1c([N+](=O)[O-])cnc2ccc(Br)cc12. The van der Waals surface area contributed by atoms with Crippen molar-refractivity contribution in [1.29, 1.82) is 0 Å². The second-order valence-electron chi connectivity index (χ2n) is 3.68. The first-order valence-corrected chi connectivity index (χ1v) is 5.96. The second kappa shape index (κ2) is 5.19. The van der Waals surface area contributed by atoms with Gasteiger partial charge in [-0.3, -0.25) is 14.9 Å². The molecule has 0 unspecified atom stereocenters. The van der Waals surface area contributed by atoms with Crippen LogP contribution in [0, 0.1) is 10.1 Å². The minimum atomic E-state index is -1.10. The zero-order valence-corrected chi connectivity index (χ0v) is 11.0. The first kappa shape index (κ1) is 13.2. The van der Waals surface area contributed by atoms with Crippen LogP contribution in [0.1, 0.15) is 0 Å². The highest BCUT2D eigenvalue weighted by atomic mass is 79.9. The number of fused-ring (bicyclic) bond motifs is 1. The van der Waals surface area contributed by atoms with E-state index in [-0.39, 0.29) is 11.4 Å². The third-order valence-corrected chi connectivity index (χ3v) is 2.92. The van der Waals surface area contributed by atoms with Crippen molar-refractivity contribution in [3.63, 3.8) is 0 Å². The lowest BCUT2D eigenvalue weighted by atomic mass is 10.1. The Morgan fingerprint density at radius 3 is 2.89 bits per heavy atom. The number of aliphatic carboxylic acids is 1. The largest absolute Gasteiger partial charge is 0.480 e. The number of pyridine rings is 1. The molecular formula is C11H8BrN3O4. The van der Waals surface area contributed by atoms with Crippen LogP contribution in [0.5, 0.6) is 0 Å². The number of nitro groups is 1. The molecule has 0 amide bonds. The minimum Gasteiger partial charge on any atom is -0.480 e. The number of carboxylic acid groups (broad SMARTS) is 1. The van der Waals surface area contributed by atoms with E-state index in [1.54, 1.807) is 18.2 Å². The lowest BCUT2D eigenvalue weighted by Crippen LogP contribution is -2.13. The molecule has 1 aromatic carbocycles. The maximum absolute atomic E-state index is 11.0. The number of rotatable bonds is 4. The first-order chi connectivity index (χ1) is 8.99. The molecule has 0 radical (unpaired) electrons. The van der Waals surface area contributed by atoms with Crippen molar-refractivity contribution in [3.05, 3.63) is 39.0 Å². The minimum absolute atomic E-state index is 0.152. The molecule has 7 nitrogen and oxygen atoms in total. The second-order valence-corrected chi connectivity index (χ2v) is 4.60. The Labute approximate surface area is 115 Å². The van der Waals surface area contributed by atoms with Gasteiger partial charge < -0.3 is 10.4 Å². The van der Waals surface area contributed by atoms with E-state index < -0.39 is 17.4 Å². The van der Waals surface area contributed by atoms with E-state index in [1.165, 1.54) is 0 Å².